The Bertz CT molecular complexity index is 100. The third kappa shape index (κ3) is 4.07. The van der Waals surface area contributed by atoms with Crippen LogP contribution in [0.5, 0.6) is 0 Å². The highest BCUT2D eigenvalue weighted by Gasteiger charge is 2.16. The van der Waals surface area contributed by atoms with Gasteiger partial charge in [-0.1, -0.05) is 6.42 Å². The van der Waals surface area contributed by atoms with Gasteiger partial charge in [0.15, 0.2) is 0 Å². The predicted molar refractivity (Wildman–Crippen MR) is 49.1 cm³/mol. The van der Waals surface area contributed by atoms with E-state index in [1.165, 1.54) is 19.3 Å². The largest absolute Gasteiger partial charge is 0.396 e. The molecular weight excluding hydrogens is 152 g/mol. The van der Waals surface area contributed by atoms with Gasteiger partial charge in [0.2, 0.25) is 0 Å². The van der Waals surface area contributed by atoms with Gasteiger partial charge in [0.1, 0.15) is 0 Å². The SMILES string of the molecule is OCCCCCOCC1CCC1. The Hall–Kier alpha value is -0.0800. The van der Waals surface area contributed by atoms with Gasteiger partial charge in [0, 0.05) is 19.8 Å². The molecule has 0 heterocycles. The average Bonchev–Trinajstić information content (AvgIpc) is 2.00. The van der Waals surface area contributed by atoms with Gasteiger partial charge in [-0.05, 0) is 38.0 Å². The van der Waals surface area contributed by atoms with Crippen LogP contribution in [-0.4, -0.2) is 24.9 Å². The average molecular weight is 172 g/mol. The number of hydrogen-bond donors (Lipinski definition) is 1. The monoisotopic (exact) mass is 172 g/mol. The molecule has 0 bridgehead atoms. The molecule has 0 unspecified atom stereocenters. The molecule has 0 aliphatic heterocycles. The number of unbranched alkanes of at least 4 members (excludes halogenated alkanes) is 2. The van der Waals surface area contributed by atoms with Crippen LogP contribution in [-0.2, 0) is 4.74 Å². The molecule has 0 amide bonds. The van der Waals surface area contributed by atoms with Gasteiger partial charge in [0.25, 0.3) is 0 Å². The molecule has 1 saturated carbocycles. The highest BCUT2D eigenvalue weighted by atomic mass is 16.5. The van der Waals surface area contributed by atoms with Gasteiger partial charge >= 0.3 is 0 Å². The second-order valence-electron chi connectivity index (χ2n) is 3.66. The van der Waals surface area contributed by atoms with Gasteiger partial charge in [-0.2, -0.15) is 0 Å². The van der Waals surface area contributed by atoms with Crippen molar-refractivity contribution in [3.8, 4) is 0 Å². The molecule has 0 radical (unpaired) electrons. The summed E-state index contributed by atoms with van der Waals surface area (Å²) < 4.78 is 5.50. The van der Waals surface area contributed by atoms with E-state index >= 15 is 0 Å². The molecule has 1 aliphatic carbocycles. The predicted octanol–water partition coefficient (Wildman–Crippen LogP) is 1.97. The van der Waals surface area contributed by atoms with Gasteiger partial charge in [-0.25, -0.2) is 0 Å². The van der Waals surface area contributed by atoms with E-state index in [4.69, 9.17) is 9.84 Å². The summed E-state index contributed by atoms with van der Waals surface area (Å²) in [5.74, 6) is 0.864. The van der Waals surface area contributed by atoms with E-state index < -0.39 is 0 Å². The highest BCUT2D eigenvalue weighted by molar-refractivity contribution is 4.68. The fraction of sp³-hybridized carbons (Fsp3) is 1.00. The molecule has 0 aromatic heterocycles. The van der Waals surface area contributed by atoms with Gasteiger partial charge < -0.3 is 9.84 Å². The topological polar surface area (TPSA) is 29.5 Å². The second-order valence-corrected chi connectivity index (χ2v) is 3.66. The fourth-order valence-corrected chi connectivity index (χ4v) is 1.40. The van der Waals surface area contributed by atoms with E-state index in [2.05, 4.69) is 0 Å². The van der Waals surface area contributed by atoms with Crippen molar-refractivity contribution < 1.29 is 9.84 Å². The van der Waals surface area contributed by atoms with Gasteiger partial charge in [-0.15, -0.1) is 0 Å². The normalized spacial score (nSPS) is 17.8. The second kappa shape index (κ2) is 6.44. The number of aliphatic hydroxyl groups excluding tert-OH is 1. The van der Waals surface area contributed by atoms with Crippen molar-refractivity contribution >= 4 is 0 Å². The zero-order valence-corrected chi connectivity index (χ0v) is 7.80. The van der Waals surface area contributed by atoms with E-state index in [0.717, 1.165) is 38.4 Å². The zero-order chi connectivity index (χ0) is 8.65. The molecule has 0 spiro atoms. The molecule has 1 aliphatic rings. The molecular formula is C10H20O2. The Morgan fingerprint density at radius 2 is 2.00 bits per heavy atom. The van der Waals surface area contributed by atoms with Crippen molar-refractivity contribution in [2.75, 3.05) is 19.8 Å². The molecule has 1 N–H and O–H groups in total. The fourth-order valence-electron chi connectivity index (χ4n) is 1.40. The summed E-state index contributed by atoms with van der Waals surface area (Å²) in [6.07, 6.45) is 7.27. The number of rotatable bonds is 7. The summed E-state index contributed by atoms with van der Waals surface area (Å²) in [5, 5.41) is 8.52. The maximum Gasteiger partial charge on any atom is 0.0494 e. The summed E-state index contributed by atoms with van der Waals surface area (Å²) in [6.45, 7) is 2.18. The lowest BCUT2D eigenvalue weighted by Crippen LogP contribution is -2.17. The van der Waals surface area contributed by atoms with E-state index in [9.17, 15) is 0 Å². The molecule has 2 heteroatoms. The van der Waals surface area contributed by atoms with Crippen LogP contribution in [0.1, 0.15) is 38.5 Å². The van der Waals surface area contributed by atoms with Crippen molar-refractivity contribution in [1.82, 2.24) is 0 Å². The minimum Gasteiger partial charge on any atom is -0.396 e. The summed E-state index contributed by atoms with van der Waals surface area (Å²) in [7, 11) is 0. The van der Waals surface area contributed by atoms with Crippen molar-refractivity contribution in [2.45, 2.75) is 38.5 Å². The summed E-state index contributed by atoms with van der Waals surface area (Å²) >= 11 is 0. The summed E-state index contributed by atoms with van der Waals surface area (Å²) in [5.41, 5.74) is 0. The van der Waals surface area contributed by atoms with Crippen molar-refractivity contribution in [2.24, 2.45) is 5.92 Å². The van der Waals surface area contributed by atoms with E-state index in [0.29, 0.717) is 6.61 Å². The molecule has 2 nitrogen and oxygen atoms in total. The van der Waals surface area contributed by atoms with Crippen LogP contribution in [0, 0.1) is 5.92 Å². The molecule has 12 heavy (non-hydrogen) atoms. The van der Waals surface area contributed by atoms with Crippen molar-refractivity contribution in [3.05, 3.63) is 0 Å². The van der Waals surface area contributed by atoms with Crippen LogP contribution in [0.15, 0.2) is 0 Å². The number of aliphatic hydroxyl groups is 1. The maximum absolute atomic E-state index is 8.52. The van der Waals surface area contributed by atoms with E-state index in [-0.39, 0.29) is 0 Å². The van der Waals surface area contributed by atoms with Crippen LogP contribution in [0.25, 0.3) is 0 Å². The van der Waals surface area contributed by atoms with Gasteiger partial charge in [0.05, 0.1) is 0 Å². The minimum atomic E-state index is 0.322. The Kier molecular flexibility index (Phi) is 5.37. The lowest BCUT2D eigenvalue weighted by atomic mass is 9.86. The summed E-state index contributed by atoms with van der Waals surface area (Å²) in [6, 6.07) is 0. The third-order valence-corrected chi connectivity index (χ3v) is 2.53. The van der Waals surface area contributed by atoms with Crippen LogP contribution >= 0.6 is 0 Å². The lowest BCUT2D eigenvalue weighted by molar-refractivity contribution is 0.0673. The van der Waals surface area contributed by atoms with E-state index in [1.807, 2.05) is 0 Å². The standard InChI is InChI=1S/C10H20O2/c11-7-2-1-3-8-12-9-10-5-4-6-10/h10-11H,1-9H2. The molecule has 0 aromatic carbocycles. The summed E-state index contributed by atoms with van der Waals surface area (Å²) in [4.78, 5) is 0. The number of ether oxygens (including phenoxy) is 1. The highest BCUT2D eigenvalue weighted by Crippen LogP contribution is 2.26. The maximum atomic E-state index is 8.52. The Morgan fingerprint density at radius 1 is 1.17 bits per heavy atom. The smallest absolute Gasteiger partial charge is 0.0494 e. The van der Waals surface area contributed by atoms with Gasteiger partial charge in [-0.3, -0.25) is 0 Å². The van der Waals surface area contributed by atoms with Crippen LogP contribution in [0.4, 0.5) is 0 Å². The van der Waals surface area contributed by atoms with Crippen molar-refractivity contribution in [3.63, 3.8) is 0 Å². The van der Waals surface area contributed by atoms with Crippen molar-refractivity contribution in [1.29, 1.82) is 0 Å². The first kappa shape index (κ1) is 10.0. The molecule has 72 valence electrons. The Morgan fingerprint density at radius 3 is 2.58 bits per heavy atom. The Balaban J connectivity index is 1.70. The minimum absolute atomic E-state index is 0.322. The van der Waals surface area contributed by atoms with E-state index in [1.54, 1.807) is 0 Å². The first-order valence-electron chi connectivity index (χ1n) is 5.12. The first-order chi connectivity index (χ1) is 5.93. The lowest BCUT2D eigenvalue weighted by Gasteiger charge is -2.24. The molecule has 0 saturated heterocycles. The molecule has 0 atom stereocenters. The van der Waals surface area contributed by atoms with Crippen LogP contribution < -0.4 is 0 Å². The molecule has 0 aromatic rings. The quantitative estimate of drug-likeness (QED) is 0.595. The van der Waals surface area contributed by atoms with Crippen LogP contribution in [0.2, 0.25) is 0 Å². The third-order valence-electron chi connectivity index (χ3n) is 2.53. The Labute approximate surface area is 74.9 Å². The zero-order valence-electron chi connectivity index (χ0n) is 7.80. The first-order valence-corrected chi connectivity index (χ1v) is 5.12. The van der Waals surface area contributed by atoms with Crippen LogP contribution in [0.3, 0.4) is 0 Å². The molecule has 1 rings (SSSR count). The number of hydrogen-bond acceptors (Lipinski definition) is 2. The molecule has 1 fully saturated rings.